The number of anilines is 1. The highest BCUT2D eigenvalue weighted by molar-refractivity contribution is 6.17. The van der Waals surface area contributed by atoms with Gasteiger partial charge in [0.2, 0.25) is 0 Å². The average Bonchev–Trinajstić information content (AvgIpc) is 2.45. The second-order valence-electron chi connectivity index (χ2n) is 4.78. The van der Waals surface area contributed by atoms with Gasteiger partial charge < -0.3 is 4.90 Å². The van der Waals surface area contributed by atoms with E-state index in [1.807, 2.05) is 12.4 Å². The third-order valence-corrected chi connectivity index (χ3v) is 3.62. The highest BCUT2D eigenvalue weighted by atomic mass is 35.5. The number of rotatable bonds is 5. The summed E-state index contributed by atoms with van der Waals surface area (Å²) in [7, 11) is 2.13. The van der Waals surface area contributed by atoms with Crippen molar-refractivity contribution in [3.8, 4) is 0 Å². The second-order valence-corrected chi connectivity index (χ2v) is 5.05. The van der Waals surface area contributed by atoms with Gasteiger partial charge >= 0.3 is 0 Å². The van der Waals surface area contributed by atoms with Gasteiger partial charge in [-0.05, 0) is 48.2 Å². The van der Waals surface area contributed by atoms with Crippen molar-refractivity contribution in [3.05, 3.63) is 59.4 Å². The fraction of sp³-hybridized carbons (Fsp3) is 0.312. The molecule has 0 atom stereocenters. The van der Waals surface area contributed by atoms with Crippen molar-refractivity contribution < 1.29 is 0 Å². The lowest BCUT2D eigenvalue weighted by molar-refractivity contribution is 0.871. The van der Waals surface area contributed by atoms with Crippen LogP contribution in [0, 0.1) is 6.92 Å². The van der Waals surface area contributed by atoms with Crippen molar-refractivity contribution in [1.82, 2.24) is 4.98 Å². The molecule has 0 radical (unpaired) electrons. The lowest BCUT2D eigenvalue weighted by Gasteiger charge is -2.22. The predicted molar refractivity (Wildman–Crippen MR) is 81.9 cm³/mol. The fourth-order valence-corrected chi connectivity index (χ4v) is 2.36. The minimum Gasteiger partial charge on any atom is -0.374 e. The number of hydrogen-bond donors (Lipinski definition) is 0. The van der Waals surface area contributed by atoms with E-state index in [-0.39, 0.29) is 0 Å². The van der Waals surface area contributed by atoms with Gasteiger partial charge in [0.15, 0.2) is 0 Å². The first-order valence-electron chi connectivity index (χ1n) is 6.46. The Hall–Kier alpha value is -1.54. The molecule has 0 N–H and O–H groups in total. The van der Waals surface area contributed by atoms with Gasteiger partial charge in [-0.15, -0.1) is 11.6 Å². The molecule has 0 bridgehead atoms. The number of hydrogen-bond acceptors (Lipinski definition) is 2. The zero-order valence-corrected chi connectivity index (χ0v) is 12.2. The smallest absolute Gasteiger partial charge is 0.0474 e. The van der Waals surface area contributed by atoms with E-state index in [9.17, 15) is 0 Å². The minimum absolute atomic E-state index is 0.571. The van der Waals surface area contributed by atoms with Gasteiger partial charge in [-0.1, -0.05) is 12.1 Å². The van der Waals surface area contributed by atoms with E-state index in [1.165, 1.54) is 22.4 Å². The summed E-state index contributed by atoms with van der Waals surface area (Å²) in [5.41, 5.74) is 5.03. The summed E-state index contributed by atoms with van der Waals surface area (Å²) in [5, 5.41) is 0. The molecular weight excluding hydrogens is 256 g/mol. The molecule has 0 aliphatic carbocycles. The molecule has 0 saturated carbocycles. The van der Waals surface area contributed by atoms with Crippen LogP contribution in [0.25, 0.3) is 0 Å². The molecule has 0 fully saturated rings. The standard InChI is InChI=1S/C16H19ClN2/c1-13-11-15(12-17)3-4-16(13)19(2)10-7-14-5-8-18-9-6-14/h3-6,8-9,11H,7,10,12H2,1-2H3. The van der Waals surface area contributed by atoms with Gasteiger partial charge in [0, 0.05) is 37.6 Å². The molecule has 1 aromatic heterocycles. The maximum Gasteiger partial charge on any atom is 0.0474 e. The SMILES string of the molecule is Cc1cc(CCl)ccc1N(C)CCc1ccncc1. The first kappa shape index (κ1) is 13.9. The molecule has 3 heteroatoms. The molecule has 1 aromatic carbocycles. The molecule has 2 aromatic rings. The largest absolute Gasteiger partial charge is 0.374 e. The highest BCUT2D eigenvalue weighted by Crippen LogP contribution is 2.21. The molecule has 0 aliphatic rings. The van der Waals surface area contributed by atoms with Crippen molar-refractivity contribution in [2.24, 2.45) is 0 Å². The van der Waals surface area contributed by atoms with E-state index >= 15 is 0 Å². The number of alkyl halides is 1. The van der Waals surface area contributed by atoms with Gasteiger partial charge in [-0.2, -0.15) is 0 Å². The normalized spacial score (nSPS) is 10.5. The average molecular weight is 275 g/mol. The van der Waals surface area contributed by atoms with Crippen LogP contribution in [0.1, 0.15) is 16.7 Å². The van der Waals surface area contributed by atoms with Crippen molar-refractivity contribution in [2.45, 2.75) is 19.2 Å². The number of likely N-dealkylation sites (N-methyl/N-ethyl adjacent to an activating group) is 1. The maximum absolute atomic E-state index is 5.85. The van der Waals surface area contributed by atoms with Crippen molar-refractivity contribution in [3.63, 3.8) is 0 Å². The molecule has 2 rings (SSSR count). The quantitative estimate of drug-likeness (QED) is 0.771. The summed E-state index contributed by atoms with van der Waals surface area (Å²) in [6, 6.07) is 10.5. The minimum atomic E-state index is 0.571. The van der Waals surface area contributed by atoms with Gasteiger partial charge in [0.05, 0.1) is 0 Å². The molecule has 100 valence electrons. The van der Waals surface area contributed by atoms with Crippen LogP contribution in [-0.4, -0.2) is 18.6 Å². The number of aromatic nitrogens is 1. The zero-order chi connectivity index (χ0) is 13.7. The van der Waals surface area contributed by atoms with E-state index in [0.717, 1.165) is 13.0 Å². The van der Waals surface area contributed by atoms with E-state index in [4.69, 9.17) is 11.6 Å². The molecule has 0 spiro atoms. The topological polar surface area (TPSA) is 16.1 Å². The van der Waals surface area contributed by atoms with Crippen molar-refractivity contribution >= 4 is 17.3 Å². The van der Waals surface area contributed by atoms with Crippen LogP contribution in [0.5, 0.6) is 0 Å². The first-order valence-corrected chi connectivity index (χ1v) is 6.99. The fourth-order valence-electron chi connectivity index (χ4n) is 2.20. The lowest BCUT2D eigenvalue weighted by Crippen LogP contribution is -2.21. The second kappa shape index (κ2) is 6.58. The number of aryl methyl sites for hydroxylation is 1. The summed E-state index contributed by atoms with van der Waals surface area (Å²) in [5.74, 6) is 0.571. The summed E-state index contributed by atoms with van der Waals surface area (Å²) in [6.45, 7) is 3.12. The summed E-state index contributed by atoms with van der Waals surface area (Å²) >= 11 is 5.85. The van der Waals surface area contributed by atoms with Crippen LogP contribution in [-0.2, 0) is 12.3 Å². The van der Waals surface area contributed by atoms with Crippen LogP contribution >= 0.6 is 11.6 Å². The Kier molecular flexibility index (Phi) is 4.80. The van der Waals surface area contributed by atoms with Gasteiger partial charge in [-0.25, -0.2) is 0 Å². The maximum atomic E-state index is 5.85. The predicted octanol–water partition coefficient (Wildman–Crippen LogP) is 3.81. The molecule has 0 amide bonds. The molecule has 1 heterocycles. The van der Waals surface area contributed by atoms with E-state index in [2.05, 4.69) is 54.2 Å². The van der Waals surface area contributed by atoms with E-state index in [1.54, 1.807) is 0 Å². The Labute approximate surface area is 120 Å². The Balaban J connectivity index is 2.02. The monoisotopic (exact) mass is 274 g/mol. The molecule has 0 unspecified atom stereocenters. The Bertz CT molecular complexity index is 526. The van der Waals surface area contributed by atoms with Gasteiger partial charge in [0.1, 0.15) is 0 Å². The van der Waals surface area contributed by atoms with Crippen LogP contribution in [0.3, 0.4) is 0 Å². The molecule has 0 saturated heterocycles. The van der Waals surface area contributed by atoms with Gasteiger partial charge in [0.25, 0.3) is 0 Å². The Morgan fingerprint density at radius 1 is 1.11 bits per heavy atom. The Morgan fingerprint density at radius 2 is 1.84 bits per heavy atom. The van der Waals surface area contributed by atoms with Crippen molar-refractivity contribution in [1.29, 1.82) is 0 Å². The van der Waals surface area contributed by atoms with Crippen LogP contribution in [0.2, 0.25) is 0 Å². The van der Waals surface area contributed by atoms with E-state index in [0.29, 0.717) is 5.88 Å². The molecule has 19 heavy (non-hydrogen) atoms. The van der Waals surface area contributed by atoms with Crippen LogP contribution in [0.4, 0.5) is 5.69 Å². The third kappa shape index (κ3) is 3.71. The molecule has 2 nitrogen and oxygen atoms in total. The lowest BCUT2D eigenvalue weighted by atomic mass is 10.1. The summed E-state index contributed by atoms with van der Waals surface area (Å²) in [6.07, 6.45) is 4.71. The highest BCUT2D eigenvalue weighted by Gasteiger charge is 2.05. The van der Waals surface area contributed by atoms with Gasteiger partial charge in [-0.3, -0.25) is 4.98 Å². The Morgan fingerprint density at radius 3 is 2.47 bits per heavy atom. The number of pyridine rings is 1. The van der Waals surface area contributed by atoms with E-state index < -0.39 is 0 Å². The first-order chi connectivity index (χ1) is 9.20. The van der Waals surface area contributed by atoms with Crippen LogP contribution in [0.15, 0.2) is 42.7 Å². The number of halogens is 1. The summed E-state index contributed by atoms with van der Waals surface area (Å²) < 4.78 is 0. The van der Waals surface area contributed by atoms with Crippen molar-refractivity contribution in [2.75, 3.05) is 18.5 Å². The summed E-state index contributed by atoms with van der Waals surface area (Å²) in [4.78, 5) is 6.32. The number of nitrogens with zero attached hydrogens (tertiary/aromatic N) is 2. The molecule has 0 aliphatic heterocycles. The van der Waals surface area contributed by atoms with Crippen LogP contribution < -0.4 is 4.90 Å². The number of benzene rings is 1. The zero-order valence-electron chi connectivity index (χ0n) is 11.4. The third-order valence-electron chi connectivity index (χ3n) is 3.31. The molecular formula is C16H19ClN2.